The first-order valence-corrected chi connectivity index (χ1v) is 7.92. The molecule has 1 aromatic heterocycles. The van der Waals surface area contributed by atoms with Crippen molar-refractivity contribution in [3.8, 4) is 0 Å². The van der Waals surface area contributed by atoms with Crippen molar-refractivity contribution in [2.24, 2.45) is 0 Å². The zero-order valence-electron chi connectivity index (χ0n) is 11.0. The zero-order valence-corrected chi connectivity index (χ0v) is 11.8. The molecule has 1 aromatic carbocycles. The Morgan fingerprint density at radius 1 is 1.21 bits per heavy atom. The third-order valence-electron chi connectivity index (χ3n) is 2.97. The maximum absolute atomic E-state index is 11.4. The molecule has 2 rings (SSSR count). The molecule has 1 unspecified atom stereocenters. The molecule has 2 aromatic rings. The normalized spacial score (nSPS) is 13.4. The van der Waals surface area contributed by atoms with Crippen LogP contribution in [0.2, 0.25) is 0 Å². The first-order valence-electron chi connectivity index (χ1n) is 6.02. The standard InChI is InChI=1S/C14H17NO3S/c1-11(15-10-13-4-3-9-18-13)12-5-7-14(8-6-12)19(2,16)17/h3-9,11,15H,10H2,1-2H3. The largest absolute Gasteiger partial charge is 0.468 e. The van der Waals surface area contributed by atoms with Crippen molar-refractivity contribution in [1.29, 1.82) is 0 Å². The minimum atomic E-state index is -3.13. The second kappa shape index (κ2) is 5.59. The molecule has 4 nitrogen and oxygen atoms in total. The van der Waals surface area contributed by atoms with Crippen molar-refractivity contribution in [3.63, 3.8) is 0 Å². The Morgan fingerprint density at radius 3 is 2.42 bits per heavy atom. The van der Waals surface area contributed by atoms with Crippen LogP contribution in [0.3, 0.4) is 0 Å². The lowest BCUT2D eigenvalue weighted by molar-refractivity contribution is 0.460. The summed E-state index contributed by atoms with van der Waals surface area (Å²) < 4.78 is 28.0. The maximum atomic E-state index is 11.4. The summed E-state index contributed by atoms with van der Waals surface area (Å²) in [5, 5.41) is 3.32. The van der Waals surface area contributed by atoms with E-state index in [1.54, 1.807) is 18.4 Å². The highest BCUT2D eigenvalue weighted by Gasteiger charge is 2.09. The van der Waals surface area contributed by atoms with Crippen LogP contribution in [0.25, 0.3) is 0 Å². The summed E-state index contributed by atoms with van der Waals surface area (Å²) in [5.41, 5.74) is 1.04. The minimum Gasteiger partial charge on any atom is -0.468 e. The molecule has 1 N–H and O–H groups in total. The highest BCUT2D eigenvalue weighted by Crippen LogP contribution is 2.16. The van der Waals surface area contributed by atoms with Crippen LogP contribution in [0, 0.1) is 0 Å². The molecule has 0 spiro atoms. The molecule has 0 aliphatic carbocycles. The van der Waals surface area contributed by atoms with Gasteiger partial charge in [-0.05, 0) is 36.8 Å². The van der Waals surface area contributed by atoms with Crippen LogP contribution >= 0.6 is 0 Å². The molecule has 0 amide bonds. The van der Waals surface area contributed by atoms with Gasteiger partial charge in [-0.1, -0.05) is 12.1 Å². The molecule has 0 aliphatic rings. The zero-order chi connectivity index (χ0) is 13.9. The van der Waals surface area contributed by atoms with Crippen LogP contribution in [0.5, 0.6) is 0 Å². The van der Waals surface area contributed by atoms with E-state index in [0.717, 1.165) is 11.3 Å². The molecule has 0 bridgehead atoms. The summed E-state index contributed by atoms with van der Waals surface area (Å²) >= 11 is 0. The number of rotatable bonds is 5. The van der Waals surface area contributed by atoms with Crippen molar-refractivity contribution in [1.82, 2.24) is 5.32 Å². The van der Waals surface area contributed by atoms with Gasteiger partial charge in [0.2, 0.25) is 0 Å². The second-order valence-corrected chi connectivity index (χ2v) is 6.54. The molecule has 1 heterocycles. The van der Waals surface area contributed by atoms with Gasteiger partial charge in [0.15, 0.2) is 9.84 Å². The highest BCUT2D eigenvalue weighted by atomic mass is 32.2. The monoisotopic (exact) mass is 279 g/mol. The Kier molecular flexibility index (Phi) is 4.07. The quantitative estimate of drug-likeness (QED) is 0.913. The fraction of sp³-hybridized carbons (Fsp3) is 0.286. The molecule has 0 fully saturated rings. The number of hydrogen-bond donors (Lipinski definition) is 1. The molecule has 0 saturated heterocycles. The minimum absolute atomic E-state index is 0.124. The predicted molar refractivity (Wildman–Crippen MR) is 73.5 cm³/mol. The number of furan rings is 1. The number of benzene rings is 1. The van der Waals surface area contributed by atoms with Gasteiger partial charge in [0.05, 0.1) is 17.7 Å². The average molecular weight is 279 g/mol. The van der Waals surface area contributed by atoms with Crippen LogP contribution in [-0.4, -0.2) is 14.7 Å². The Labute approximate surface area is 113 Å². The Bertz CT molecular complexity index is 615. The van der Waals surface area contributed by atoms with Crippen molar-refractivity contribution >= 4 is 9.84 Å². The number of hydrogen-bond acceptors (Lipinski definition) is 4. The molecule has 0 radical (unpaired) electrons. The van der Waals surface area contributed by atoms with E-state index < -0.39 is 9.84 Å². The van der Waals surface area contributed by atoms with E-state index in [1.807, 2.05) is 31.2 Å². The lowest BCUT2D eigenvalue weighted by Crippen LogP contribution is -2.17. The summed E-state index contributed by atoms with van der Waals surface area (Å²) in [4.78, 5) is 0.342. The lowest BCUT2D eigenvalue weighted by Gasteiger charge is -2.13. The maximum Gasteiger partial charge on any atom is 0.175 e. The molecule has 19 heavy (non-hydrogen) atoms. The topological polar surface area (TPSA) is 59.3 Å². The van der Waals surface area contributed by atoms with E-state index in [2.05, 4.69) is 5.32 Å². The highest BCUT2D eigenvalue weighted by molar-refractivity contribution is 7.90. The average Bonchev–Trinajstić information content (AvgIpc) is 2.88. The summed E-state index contributed by atoms with van der Waals surface area (Å²) in [6.07, 6.45) is 2.85. The van der Waals surface area contributed by atoms with Crippen LogP contribution in [0.4, 0.5) is 0 Å². The summed E-state index contributed by atoms with van der Waals surface area (Å²) in [7, 11) is -3.13. The van der Waals surface area contributed by atoms with Gasteiger partial charge in [0, 0.05) is 12.3 Å². The third kappa shape index (κ3) is 3.68. The van der Waals surface area contributed by atoms with Gasteiger partial charge in [-0.3, -0.25) is 0 Å². The number of sulfone groups is 1. The van der Waals surface area contributed by atoms with Gasteiger partial charge in [-0.2, -0.15) is 0 Å². The van der Waals surface area contributed by atoms with Gasteiger partial charge in [0.25, 0.3) is 0 Å². The van der Waals surface area contributed by atoms with Crippen LogP contribution in [-0.2, 0) is 16.4 Å². The first kappa shape index (κ1) is 13.8. The van der Waals surface area contributed by atoms with Crippen LogP contribution in [0.1, 0.15) is 24.3 Å². The Morgan fingerprint density at radius 2 is 1.89 bits per heavy atom. The summed E-state index contributed by atoms with van der Waals surface area (Å²) in [6, 6.07) is 10.8. The molecule has 102 valence electrons. The fourth-order valence-electron chi connectivity index (χ4n) is 1.79. The Hall–Kier alpha value is -1.59. The smallest absolute Gasteiger partial charge is 0.175 e. The third-order valence-corrected chi connectivity index (χ3v) is 4.10. The Balaban J connectivity index is 2.01. The van der Waals surface area contributed by atoms with E-state index in [9.17, 15) is 8.42 Å². The van der Waals surface area contributed by atoms with Gasteiger partial charge < -0.3 is 9.73 Å². The van der Waals surface area contributed by atoms with Gasteiger partial charge in [-0.15, -0.1) is 0 Å². The van der Waals surface area contributed by atoms with E-state index >= 15 is 0 Å². The second-order valence-electron chi connectivity index (χ2n) is 4.52. The summed E-state index contributed by atoms with van der Waals surface area (Å²) in [5.74, 6) is 0.875. The van der Waals surface area contributed by atoms with E-state index in [1.165, 1.54) is 6.26 Å². The first-order chi connectivity index (χ1) is 8.97. The molecule has 1 atom stereocenters. The predicted octanol–water partition coefficient (Wildman–Crippen LogP) is 2.53. The molecular formula is C14H17NO3S. The number of nitrogens with one attached hydrogen (secondary N) is 1. The van der Waals surface area contributed by atoms with Gasteiger partial charge >= 0.3 is 0 Å². The van der Waals surface area contributed by atoms with Crippen LogP contribution < -0.4 is 5.32 Å². The fourth-order valence-corrected chi connectivity index (χ4v) is 2.42. The molecule has 5 heteroatoms. The van der Waals surface area contributed by atoms with Crippen molar-refractivity contribution in [3.05, 3.63) is 54.0 Å². The van der Waals surface area contributed by atoms with Crippen LogP contribution in [0.15, 0.2) is 52.0 Å². The van der Waals surface area contributed by atoms with E-state index in [0.29, 0.717) is 11.4 Å². The molecule has 0 aliphatic heterocycles. The SMILES string of the molecule is CC(NCc1ccco1)c1ccc(S(C)(=O)=O)cc1. The van der Waals surface area contributed by atoms with Gasteiger partial charge in [0.1, 0.15) is 5.76 Å². The van der Waals surface area contributed by atoms with E-state index in [4.69, 9.17) is 4.42 Å². The molecular weight excluding hydrogens is 262 g/mol. The lowest BCUT2D eigenvalue weighted by atomic mass is 10.1. The van der Waals surface area contributed by atoms with Gasteiger partial charge in [-0.25, -0.2) is 8.42 Å². The summed E-state index contributed by atoms with van der Waals surface area (Å²) in [6.45, 7) is 2.67. The molecule has 0 saturated carbocycles. The van der Waals surface area contributed by atoms with Crippen molar-refractivity contribution in [2.75, 3.05) is 6.26 Å². The van der Waals surface area contributed by atoms with Crippen molar-refractivity contribution in [2.45, 2.75) is 24.4 Å². The van der Waals surface area contributed by atoms with E-state index in [-0.39, 0.29) is 6.04 Å². The van der Waals surface area contributed by atoms with Crippen molar-refractivity contribution < 1.29 is 12.8 Å².